The molecule has 0 aliphatic rings. The van der Waals surface area contributed by atoms with E-state index in [4.69, 9.17) is 9.47 Å². The fourth-order valence-electron chi connectivity index (χ4n) is 1.98. The summed E-state index contributed by atoms with van der Waals surface area (Å²) in [5, 5.41) is 0. The van der Waals surface area contributed by atoms with Gasteiger partial charge in [-0.15, -0.1) is 0 Å². The van der Waals surface area contributed by atoms with Gasteiger partial charge in [-0.25, -0.2) is 0 Å². The predicted molar refractivity (Wildman–Crippen MR) is 110 cm³/mol. The van der Waals surface area contributed by atoms with Crippen LogP contribution in [-0.4, -0.2) is 34.0 Å². The Labute approximate surface area is 168 Å². The first-order valence-electron chi connectivity index (χ1n) is 8.64. The van der Waals surface area contributed by atoms with Crippen LogP contribution in [-0.2, 0) is 19.1 Å². The van der Waals surface area contributed by atoms with Gasteiger partial charge < -0.3 is 9.47 Å². The van der Waals surface area contributed by atoms with Gasteiger partial charge in [-0.1, -0.05) is 64.4 Å². The second-order valence-electron chi connectivity index (χ2n) is 5.50. The molecule has 6 heteroatoms. The minimum atomic E-state index is -0.0654. The molecule has 0 aromatic heterocycles. The Hall–Kier alpha value is 0.400. The number of halogens is 2. The summed E-state index contributed by atoms with van der Waals surface area (Å²) in [6, 6.07) is 0. The molecule has 0 spiro atoms. The molecule has 0 aromatic rings. The van der Waals surface area contributed by atoms with Gasteiger partial charge in [0.2, 0.25) is 0 Å². The normalized spacial score (nSPS) is 10.5. The Morgan fingerprint density at radius 3 is 1.35 bits per heavy atom. The molecule has 0 N–H and O–H groups in total. The number of unbranched alkanes of at least 4 members (excludes halogenated alkanes) is 6. The van der Waals surface area contributed by atoms with Crippen molar-refractivity contribution in [2.45, 2.75) is 70.6 Å². The van der Waals surface area contributed by atoms with Crippen LogP contribution in [0, 0.1) is 0 Å². The summed E-state index contributed by atoms with van der Waals surface area (Å²) in [6.07, 6.45) is 10.2. The molecule has 0 saturated heterocycles. The lowest BCUT2D eigenvalue weighted by atomic mass is 10.1. The standard InChI is InChI=1S/C17H30I2O4/c18-12-6-4-10-16(20)22-14-8-2-1-3-9-15-23-17(21)11-5-7-13-19/h1-15H2. The fourth-order valence-corrected chi connectivity index (χ4v) is 3.06. The van der Waals surface area contributed by atoms with Gasteiger partial charge in [-0.05, 0) is 47.4 Å². The number of carbonyl (C=O) groups is 2. The van der Waals surface area contributed by atoms with Crippen LogP contribution in [0.4, 0.5) is 0 Å². The number of hydrogen-bond acceptors (Lipinski definition) is 4. The maximum atomic E-state index is 11.4. The highest BCUT2D eigenvalue weighted by atomic mass is 127. The highest BCUT2D eigenvalue weighted by molar-refractivity contribution is 14.1. The third kappa shape index (κ3) is 18.6. The maximum Gasteiger partial charge on any atom is 0.305 e. The van der Waals surface area contributed by atoms with Crippen molar-refractivity contribution in [2.24, 2.45) is 0 Å². The second kappa shape index (κ2) is 18.7. The van der Waals surface area contributed by atoms with E-state index in [2.05, 4.69) is 45.2 Å². The number of esters is 2. The van der Waals surface area contributed by atoms with Crippen molar-refractivity contribution in [3.63, 3.8) is 0 Å². The molecule has 0 atom stereocenters. The molecule has 0 aromatic carbocycles. The van der Waals surface area contributed by atoms with Crippen LogP contribution in [0.3, 0.4) is 0 Å². The van der Waals surface area contributed by atoms with Crippen molar-refractivity contribution in [2.75, 3.05) is 22.1 Å². The minimum Gasteiger partial charge on any atom is -0.466 e. The van der Waals surface area contributed by atoms with E-state index >= 15 is 0 Å². The molecule has 0 fully saturated rings. The zero-order valence-corrected chi connectivity index (χ0v) is 18.3. The molecular weight excluding hydrogens is 522 g/mol. The van der Waals surface area contributed by atoms with E-state index < -0.39 is 0 Å². The van der Waals surface area contributed by atoms with Crippen molar-refractivity contribution >= 4 is 57.1 Å². The Bertz CT molecular complexity index is 270. The van der Waals surface area contributed by atoms with E-state index in [1.165, 1.54) is 0 Å². The zero-order chi connectivity index (χ0) is 17.2. The number of hydrogen-bond donors (Lipinski definition) is 0. The van der Waals surface area contributed by atoms with Gasteiger partial charge in [0.05, 0.1) is 13.2 Å². The summed E-state index contributed by atoms with van der Waals surface area (Å²) in [5.41, 5.74) is 0. The monoisotopic (exact) mass is 552 g/mol. The molecule has 0 unspecified atom stereocenters. The first kappa shape index (κ1) is 23.4. The third-order valence-corrected chi connectivity index (χ3v) is 4.87. The molecule has 0 saturated carbocycles. The van der Waals surface area contributed by atoms with Gasteiger partial charge in [-0.2, -0.15) is 0 Å². The van der Waals surface area contributed by atoms with E-state index in [0.29, 0.717) is 26.1 Å². The summed E-state index contributed by atoms with van der Waals surface area (Å²) in [6.45, 7) is 1.07. The zero-order valence-electron chi connectivity index (χ0n) is 14.0. The first-order chi connectivity index (χ1) is 11.2. The number of ether oxygens (including phenoxy) is 2. The topological polar surface area (TPSA) is 52.6 Å². The van der Waals surface area contributed by atoms with Crippen molar-refractivity contribution in [3.8, 4) is 0 Å². The quantitative estimate of drug-likeness (QED) is 0.114. The van der Waals surface area contributed by atoms with Crippen LogP contribution in [0.5, 0.6) is 0 Å². The highest BCUT2D eigenvalue weighted by Gasteiger charge is 2.03. The lowest BCUT2D eigenvalue weighted by Crippen LogP contribution is -2.06. The molecule has 136 valence electrons. The fraction of sp³-hybridized carbons (Fsp3) is 0.882. The van der Waals surface area contributed by atoms with Gasteiger partial charge in [0.25, 0.3) is 0 Å². The largest absolute Gasteiger partial charge is 0.466 e. The molecule has 0 radical (unpaired) electrons. The summed E-state index contributed by atoms with van der Waals surface area (Å²) in [7, 11) is 0. The third-order valence-electron chi connectivity index (χ3n) is 3.34. The maximum absolute atomic E-state index is 11.4. The molecule has 23 heavy (non-hydrogen) atoms. The Balaban J connectivity index is 3.21. The van der Waals surface area contributed by atoms with Gasteiger partial charge in [0, 0.05) is 12.8 Å². The SMILES string of the molecule is O=C(CCCCI)OCCCCCCCOC(=O)CCCCI. The lowest BCUT2D eigenvalue weighted by molar-refractivity contribution is -0.144. The summed E-state index contributed by atoms with van der Waals surface area (Å²) in [5.74, 6) is -0.131. The summed E-state index contributed by atoms with van der Waals surface area (Å²) in [4.78, 5) is 22.8. The van der Waals surface area contributed by atoms with Crippen molar-refractivity contribution < 1.29 is 19.1 Å². The average molecular weight is 552 g/mol. The predicted octanol–water partition coefficient (Wildman–Crippen LogP) is 5.23. The van der Waals surface area contributed by atoms with E-state index in [-0.39, 0.29) is 11.9 Å². The van der Waals surface area contributed by atoms with Gasteiger partial charge in [-0.3, -0.25) is 9.59 Å². The molecule has 0 heterocycles. The summed E-state index contributed by atoms with van der Waals surface area (Å²) < 4.78 is 12.6. The van der Waals surface area contributed by atoms with Gasteiger partial charge >= 0.3 is 11.9 Å². The molecule has 0 rings (SSSR count). The van der Waals surface area contributed by atoms with E-state index in [1.807, 2.05) is 0 Å². The molecular formula is C17H30I2O4. The number of rotatable bonds is 16. The average Bonchev–Trinajstić information content (AvgIpc) is 2.53. The van der Waals surface area contributed by atoms with Gasteiger partial charge in [0.1, 0.15) is 0 Å². The smallest absolute Gasteiger partial charge is 0.305 e. The second-order valence-corrected chi connectivity index (χ2v) is 7.66. The van der Waals surface area contributed by atoms with Gasteiger partial charge in [0.15, 0.2) is 0 Å². The highest BCUT2D eigenvalue weighted by Crippen LogP contribution is 2.06. The molecule has 0 aliphatic heterocycles. The lowest BCUT2D eigenvalue weighted by Gasteiger charge is -2.06. The van der Waals surface area contributed by atoms with Crippen molar-refractivity contribution in [3.05, 3.63) is 0 Å². The van der Waals surface area contributed by atoms with Crippen LogP contribution >= 0.6 is 45.2 Å². The minimum absolute atomic E-state index is 0.0654. The van der Waals surface area contributed by atoms with Crippen molar-refractivity contribution in [1.29, 1.82) is 0 Å². The molecule has 0 bridgehead atoms. The van der Waals surface area contributed by atoms with Crippen LogP contribution < -0.4 is 0 Å². The van der Waals surface area contributed by atoms with Crippen molar-refractivity contribution in [1.82, 2.24) is 0 Å². The first-order valence-corrected chi connectivity index (χ1v) is 11.7. The van der Waals surface area contributed by atoms with Crippen LogP contribution in [0.2, 0.25) is 0 Å². The van der Waals surface area contributed by atoms with Crippen LogP contribution in [0.15, 0.2) is 0 Å². The summed E-state index contributed by atoms with van der Waals surface area (Å²) >= 11 is 4.64. The van der Waals surface area contributed by atoms with E-state index in [0.717, 1.165) is 66.6 Å². The number of carbonyl (C=O) groups excluding carboxylic acids is 2. The van der Waals surface area contributed by atoms with E-state index in [1.54, 1.807) is 0 Å². The molecule has 0 aliphatic carbocycles. The van der Waals surface area contributed by atoms with E-state index in [9.17, 15) is 9.59 Å². The Morgan fingerprint density at radius 2 is 0.957 bits per heavy atom. The number of alkyl halides is 2. The Morgan fingerprint density at radius 1 is 0.565 bits per heavy atom. The Kier molecular flexibility index (Phi) is 19.1. The van der Waals surface area contributed by atoms with Crippen LogP contribution in [0.1, 0.15) is 70.6 Å². The molecule has 0 amide bonds. The molecule has 4 nitrogen and oxygen atoms in total. The van der Waals surface area contributed by atoms with Crippen LogP contribution in [0.25, 0.3) is 0 Å².